The highest BCUT2D eigenvalue weighted by Gasteiger charge is 2.22. The zero-order valence-corrected chi connectivity index (χ0v) is 10.9. The molecule has 0 bridgehead atoms. The number of piperidine rings is 1. The molecule has 1 atom stereocenters. The molecular formula is C13H22N2S. The molecule has 1 aliphatic heterocycles. The lowest BCUT2D eigenvalue weighted by molar-refractivity contribution is 0.135. The summed E-state index contributed by atoms with van der Waals surface area (Å²) in [5, 5.41) is 2.20. The van der Waals surface area contributed by atoms with E-state index in [1.165, 1.54) is 36.2 Å². The zero-order chi connectivity index (χ0) is 11.4. The predicted molar refractivity (Wildman–Crippen MR) is 70.8 cm³/mol. The quantitative estimate of drug-likeness (QED) is 0.874. The zero-order valence-electron chi connectivity index (χ0n) is 10.1. The van der Waals surface area contributed by atoms with Crippen LogP contribution in [-0.2, 0) is 6.54 Å². The van der Waals surface area contributed by atoms with Gasteiger partial charge in [0.05, 0.1) is 0 Å². The van der Waals surface area contributed by atoms with E-state index >= 15 is 0 Å². The topological polar surface area (TPSA) is 29.3 Å². The lowest BCUT2D eigenvalue weighted by Gasteiger charge is -2.35. The monoisotopic (exact) mass is 238 g/mol. The SMILES string of the molecule is Cc1ccsc1CN1CCCCC1CCN. The van der Waals surface area contributed by atoms with Crippen LogP contribution in [0.25, 0.3) is 0 Å². The molecular weight excluding hydrogens is 216 g/mol. The Morgan fingerprint density at radius 1 is 1.50 bits per heavy atom. The van der Waals surface area contributed by atoms with E-state index in [9.17, 15) is 0 Å². The molecule has 1 aromatic rings. The third kappa shape index (κ3) is 2.84. The lowest BCUT2D eigenvalue weighted by Crippen LogP contribution is -2.40. The van der Waals surface area contributed by atoms with Crippen molar-refractivity contribution in [1.29, 1.82) is 0 Å². The van der Waals surface area contributed by atoms with Crippen LogP contribution in [0, 0.1) is 6.92 Å². The number of hydrogen-bond acceptors (Lipinski definition) is 3. The number of nitrogens with zero attached hydrogens (tertiary/aromatic N) is 1. The number of thiophene rings is 1. The second kappa shape index (κ2) is 5.80. The van der Waals surface area contributed by atoms with E-state index < -0.39 is 0 Å². The number of hydrogen-bond donors (Lipinski definition) is 1. The van der Waals surface area contributed by atoms with Gasteiger partial charge in [0.2, 0.25) is 0 Å². The van der Waals surface area contributed by atoms with Gasteiger partial charge >= 0.3 is 0 Å². The lowest BCUT2D eigenvalue weighted by atomic mass is 9.99. The molecule has 1 aliphatic rings. The summed E-state index contributed by atoms with van der Waals surface area (Å²) < 4.78 is 0. The van der Waals surface area contributed by atoms with Crippen molar-refractivity contribution in [1.82, 2.24) is 4.90 Å². The fraction of sp³-hybridized carbons (Fsp3) is 0.692. The molecule has 1 saturated heterocycles. The van der Waals surface area contributed by atoms with E-state index in [0.717, 1.165) is 25.6 Å². The largest absolute Gasteiger partial charge is 0.330 e. The van der Waals surface area contributed by atoms with Crippen molar-refractivity contribution < 1.29 is 0 Å². The fourth-order valence-corrected chi connectivity index (χ4v) is 3.47. The highest BCUT2D eigenvalue weighted by Crippen LogP contribution is 2.24. The molecule has 2 heterocycles. The standard InChI is InChI=1S/C13H22N2S/c1-11-6-9-16-13(11)10-15-8-3-2-4-12(15)5-7-14/h6,9,12H,2-5,7-8,10,14H2,1H3. The van der Waals surface area contributed by atoms with Crippen LogP contribution in [0.5, 0.6) is 0 Å². The smallest absolute Gasteiger partial charge is 0.0333 e. The molecule has 1 unspecified atom stereocenters. The summed E-state index contributed by atoms with van der Waals surface area (Å²) in [5.41, 5.74) is 7.15. The van der Waals surface area contributed by atoms with Gasteiger partial charge in [-0.25, -0.2) is 0 Å². The molecule has 3 heteroatoms. The molecule has 1 fully saturated rings. The summed E-state index contributed by atoms with van der Waals surface area (Å²) in [4.78, 5) is 4.17. The molecule has 2 rings (SSSR count). The summed E-state index contributed by atoms with van der Waals surface area (Å²) in [6.45, 7) is 5.43. The maximum atomic E-state index is 5.70. The Hall–Kier alpha value is -0.380. The van der Waals surface area contributed by atoms with Crippen LogP contribution in [0.4, 0.5) is 0 Å². The average molecular weight is 238 g/mol. The van der Waals surface area contributed by atoms with Gasteiger partial charge in [0.1, 0.15) is 0 Å². The number of likely N-dealkylation sites (tertiary alicyclic amines) is 1. The summed E-state index contributed by atoms with van der Waals surface area (Å²) >= 11 is 1.89. The van der Waals surface area contributed by atoms with Crippen LogP contribution in [0.1, 0.15) is 36.1 Å². The average Bonchev–Trinajstić information content (AvgIpc) is 2.68. The second-order valence-corrected chi connectivity index (χ2v) is 5.72. The molecule has 16 heavy (non-hydrogen) atoms. The van der Waals surface area contributed by atoms with E-state index in [-0.39, 0.29) is 0 Å². The Morgan fingerprint density at radius 3 is 3.06 bits per heavy atom. The van der Waals surface area contributed by atoms with Crippen molar-refractivity contribution in [3.63, 3.8) is 0 Å². The van der Waals surface area contributed by atoms with Gasteiger partial charge in [-0.2, -0.15) is 0 Å². The normalized spacial score (nSPS) is 22.5. The van der Waals surface area contributed by atoms with Crippen molar-refractivity contribution >= 4 is 11.3 Å². The number of rotatable bonds is 4. The van der Waals surface area contributed by atoms with Gasteiger partial charge in [0, 0.05) is 17.5 Å². The summed E-state index contributed by atoms with van der Waals surface area (Å²) in [5.74, 6) is 0. The summed E-state index contributed by atoms with van der Waals surface area (Å²) in [6, 6.07) is 2.95. The van der Waals surface area contributed by atoms with Crippen LogP contribution in [0.15, 0.2) is 11.4 Å². The molecule has 2 nitrogen and oxygen atoms in total. The van der Waals surface area contributed by atoms with Gasteiger partial charge in [-0.1, -0.05) is 6.42 Å². The molecule has 0 aromatic carbocycles. The van der Waals surface area contributed by atoms with Crippen LogP contribution >= 0.6 is 11.3 Å². The van der Waals surface area contributed by atoms with Crippen LogP contribution in [0.3, 0.4) is 0 Å². The van der Waals surface area contributed by atoms with Crippen molar-refractivity contribution in [2.45, 2.75) is 45.2 Å². The van der Waals surface area contributed by atoms with E-state index in [2.05, 4.69) is 23.3 Å². The molecule has 0 aliphatic carbocycles. The van der Waals surface area contributed by atoms with Crippen molar-refractivity contribution in [2.75, 3.05) is 13.1 Å². The maximum Gasteiger partial charge on any atom is 0.0333 e. The van der Waals surface area contributed by atoms with Gasteiger partial charge in [0.15, 0.2) is 0 Å². The molecule has 2 N–H and O–H groups in total. The van der Waals surface area contributed by atoms with Gasteiger partial charge in [-0.05, 0) is 56.3 Å². The van der Waals surface area contributed by atoms with Crippen molar-refractivity contribution in [3.8, 4) is 0 Å². The highest BCUT2D eigenvalue weighted by molar-refractivity contribution is 7.10. The molecule has 0 saturated carbocycles. The Morgan fingerprint density at radius 2 is 2.38 bits per heavy atom. The van der Waals surface area contributed by atoms with Crippen LogP contribution in [0.2, 0.25) is 0 Å². The van der Waals surface area contributed by atoms with Gasteiger partial charge in [-0.15, -0.1) is 11.3 Å². The number of nitrogens with two attached hydrogens (primary N) is 1. The van der Waals surface area contributed by atoms with E-state index in [1.807, 2.05) is 11.3 Å². The Balaban J connectivity index is 1.98. The van der Waals surface area contributed by atoms with Crippen LogP contribution in [-0.4, -0.2) is 24.0 Å². The van der Waals surface area contributed by atoms with Crippen LogP contribution < -0.4 is 5.73 Å². The third-order valence-corrected chi connectivity index (χ3v) is 4.57. The first kappa shape index (κ1) is 12.1. The highest BCUT2D eigenvalue weighted by atomic mass is 32.1. The Kier molecular flexibility index (Phi) is 4.38. The minimum absolute atomic E-state index is 0.722. The van der Waals surface area contributed by atoms with E-state index in [0.29, 0.717) is 0 Å². The minimum atomic E-state index is 0.722. The Labute approximate surface area is 102 Å². The summed E-state index contributed by atoms with van der Waals surface area (Å²) in [6.07, 6.45) is 5.22. The molecule has 0 radical (unpaired) electrons. The third-order valence-electron chi connectivity index (χ3n) is 3.56. The Bertz CT molecular complexity index is 319. The first-order valence-electron chi connectivity index (χ1n) is 6.28. The van der Waals surface area contributed by atoms with Gasteiger partial charge < -0.3 is 5.73 Å². The van der Waals surface area contributed by atoms with E-state index in [1.54, 1.807) is 0 Å². The first-order valence-corrected chi connectivity index (χ1v) is 7.16. The maximum absolute atomic E-state index is 5.70. The molecule has 1 aromatic heterocycles. The molecule has 0 spiro atoms. The predicted octanol–water partition coefficient (Wildman–Crippen LogP) is 2.76. The first-order chi connectivity index (χ1) is 7.81. The molecule has 0 amide bonds. The van der Waals surface area contributed by atoms with Crippen molar-refractivity contribution in [2.24, 2.45) is 5.73 Å². The number of aryl methyl sites for hydroxylation is 1. The second-order valence-electron chi connectivity index (χ2n) is 4.72. The van der Waals surface area contributed by atoms with Crippen molar-refractivity contribution in [3.05, 3.63) is 21.9 Å². The van der Waals surface area contributed by atoms with Gasteiger partial charge in [-0.3, -0.25) is 4.90 Å². The molecule has 90 valence electrons. The fourth-order valence-electron chi connectivity index (χ4n) is 2.54. The minimum Gasteiger partial charge on any atom is -0.330 e. The van der Waals surface area contributed by atoms with E-state index in [4.69, 9.17) is 5.73 Å². The van der Waals surface area contributed by atoms with Gasteiger partial charge in [0.25, 0.3) is 0 Å². The summed E-state index contributed by atoms with van der Waals surface area (Å²) in [7, 11) is 0.